The highest BCUT2D eigenvalue weighted by molar-refractivity contribution is 5.73. The molecule has 1 unspecified atom stereocenters. The highest BCUT2D eigenvalue weighted by Gasteiger charge is 2.15. The van der Waals surface area contributed by atoms with Gasteiger partial charge in [-0.1, -0.05) is 54.1 Å². The van der Waals surface area contributed by atoms with Gasteiger partial charge in [-0.15, -0.1) is 0 Å². The number of benzene rings is 2. The normalized spacial score (nSPS) is 12.1. The molecule has 21 heavy (non-hydrogen) atoms. The summed E-state index contributed by atoms with van der Waals surface area (Å²) in [5.74, 6) is -0.282. The molecule has 2 aromatic rings. The third-order valence-electron chi connectivity index (χ3n) is 3.59. The van der Waals surface area contributed by atoms with Gasteiger partial charge in [-0.25, -0.2) is 0 Å². The Morgan fingerprint density at radius 2 is 1.86 bits per heavy atom. The van der Waals surface area contributed by atoms with Gasteiger partial charge >= 0.3 is 0 Å². The molecule has 3 nitrogen and oxygen atoms in total. The van der Waals surface area contributed by atoms with Crippen LogP contribution in [0.15, 0.2) is 48.5 Å². The summed E-state index contributed by atoms with van der Waals surface area (Å²) in [6, 6.07) is 16.8. The van der Waals surface area contributed by atoms with E-state index in [-0.39, 0.29) is 11.9 Å². The molecular formula is C18H22N2O. The summed E-state index contributed by atoms with van der Waals surface area (Å²) in [4.78, 5) is 10.9. The van der Waals surface area contributed by atoms with Gasteiger partial charge in [0, 0.05) is 13.0 Å². The molecule has 0 aliphatic heterocycles. The van der Waals surface area contributed by atoms with E-state index >= 15 is 0 Å². The molecule has 1 atom stereocenters. The van der Waals surface area contributed by atoms with Crippen molar-refractivity contribution in [3.8, 4) is 0 Å². The first-order chi connectivity index (χ1) is 10.1. The van der Waals surface area contributed by atoms with Crippen LogP contribution in [0, 0.1) is 13.8 Å². The Hall–Kier alpha value is -2.13. The van der Waals surface area contributed by atoms with Gasteiger partial charge in [0.1, 0.15) is 0 Å². The average Bonchev–Trinajstić information content (AvgIpc) is 2.45. The summed E-state index contributed by atoms with van der Waals surface area (Å²) >= 11 is 0. The SMILES string of the molecule is Cc1ccc(C(NCCC(N)=O)c2ccccc2)c(C)c1. The van der Waals surface area contributed by atoms with Gasteiger partial charge in [0.05, 0.1) is 6.04 Å². The Balaban J connectivity index is 2.29. The predicted molar refractivity (Wildman–Crippen MR) is 86.0 cm³/mol. The Bertz CT molecular complexity index is 608. The topological polar surface area (TPSA) is 55.1 Å². The van der Waals surface area contributed by atoms with Gasteiger partial charge in [-0.05, 0) is 30.5 Å². The van der Waals surface area contributed by atoms with E-state index in [1.165, 1.54) is 22.3 Å². The number of nitrogens with one attached hydrogen (secondary N) is 1. The molecule has 0 aromatic heterocycles. The molecule has 1 amide bonds. The van der Waals surface area contributed by atoms with Crippen LogP contribution in [-0.4, -0.2) is 12.5 Å². The van der Waals surface area contributed by atoms with Crippen molar-refractivity contribution < 1.29 is 4.79 Å². The summed E-state index contributed by atoms with van der Waals surface area (Å²) in [6.07, 6.45) is 0.342. The molecule has 0 aliphatic rings. The van der Waals surface area contributed by atoms with Crippen molar-refractivity contribution in [1.29, 1.82) is 0 Å². The van der Waals surface area contributed by atoms with Crippen molar-refractivity contribution in [2.75, 3.05) is 6.54 Å². The summed E-state index contributed by atoms with van der Waals surface area (Å²) in [7, 11) is 0. The third kappa shape index (κ3) is 4.17. The molecule has 3 N–H and O–H groups in total. The Morgan fingerprint density at radius 1 is 1.14 bits per heavy atom. The molecule has 0 saturated carbocycles. The number of aryl methyl sites for hydroxylation is 2. The largest absolute Gasteiger partial charge is 0.370 e. The zero-order valence-corrected chi connectivity index (χ0v) is 12.6. The van der Waals surface area contributed by atoms with Gasteiger partial charge < -0.3 is 11.1 Å². The maximum Gasteiger partial charge on any atom is 0.218 e. The Labute approximate surface area is 126 Å². The fraction of sp³-hybridized carbons (Fsp3) is 0.278. The van der Waals surface area contributed by atoms with E-state index in [9.17, 15) is 4.79 Å². The number of hydrogen-bond donors (Lipinski definition) is 2. The van der Waals surface area contributed by atoms with Crippen LogP contribution >= 0.6 is 0 Å². The summed E-state index contributed by atoms with van der Waals surface area (Å²) in [5.41, 5.74) is 10.1. The second-order valence-electron chi connectivity index (χ2n) is 5.37. The standard InChI is InChI=1S/C18H22N2O/c1-13-8-9-16(14(2)12-13)18(20-11-10-17(19)21)15-6-4-3-5-7-15/h3-9,12,18,20H,10-11H2,1-2H3,(H2,19,21). The predicted octanol–water partition coefficient (Wildman–Crippen LogP) is 2.86. The molecule has 0 fully saturated rings. The number of hydrogen-bond acceptors (Lipinski definition) is 2. The minimum absolute atomic E-state index is 0.0751. The molecule has 0 heterocycles. The fourth-order valence-electron chi connectivity index (χ4n) is 2.54. The zero-order chi connectivity index (χ0) is 15.2. The number of rotatable bonds is 6. The maximum absolute atomic E-state index is 10.9. The number of carbonyl (C=O) groups is 1. The van der Waals surface area contributed by atoms with Crippen LogP contribution in [0.2, 0.25) is 0 Å². The van der Waals surface area contributed by atoms with Gasteiger partial charge in [0.15, 0.2) is 0 Å². The first kappa shape index (κ1) is 15.3. The highest BCUT2D eigenvalue weighted by Crippen LogP contribution is 2.25. The minimum Gasteiger partial charge on any atom is -0.370 e. The quantitative estimate of drug-likeness (QED) is 0.856. The molecule has 0 aliphatic carbocycles. The first-order valence-electron chi connectivity index (χ1n) is 7.21. The van der Waals surface area contributed by atoms with Gasteiger partial charge in [0.2, 0.25) is 5.91 Å². The zero-order valence-electron chi connectivity index (χ0n) is 12.6. The third-order valence-corrected chi connectivity index (χ3v) is 3.59. The molecule has 2 rings (SSSR count). The van der Waals surface area contributed by atoms with Crippen LogP contribution in [0.3, 0.4) is 0 Å². The highest BCUT2D eigenvalue weighted by atomic mass is 16.1. The van der Waals surface area contributed by atoms with Crippen molar-refractivity contribution in [3.63, 3.8) is 0 Å². The summed E-state index contributed by atoms with van der Waals surface area (Å²) < 4.78 is 0. The van der Waals surface area contributed by atoms with Crippen molar-refractivity contribution in [1.82, 2.24) is 5.32 Å². The minimum atomic E-state index is -0.282. The molecule has 2 aromatic carbocycles. The van der Waals surface area contributed by atoms with Crippen molar-refractivity contribution in [3.05, 3.63) is 70.8 Å². The van der Waals surface area contributed by atoms with E-state index in [0.717, 1.165) is 0 Å². The van der Waals surface area contributed by atoms with E-state index in [4.69, 9.17) is 5.73 Å². The van der Waals surface area contributed by atoms with Crippen molar-refractivity contribution in [2.45, 2.75) is 26.3 Å². The fourth-order valence-corrected chi connectivity index (χ4v) is 2.54. The van der Waals surface area contributed by atoms with Crippen molar-refractivity contribution >= 4 is 5.91 Å². The maximum atomic E-state index is 10.9. The van der Waals surface area contributed by atoms with Crippen LogP contribution in [0.4, 0.5) is 0 Å². The van der Waals surface area contributed by atoms with Gasteiger partial charge in [0.25, 0.3) is 0 Å². The molecular weight excluding hydrogens is 260 g/mol. The van der Waals surface area contributed by atoms with Crippen LogP contribution in [0.1, 0.15) is 34.7 Å². The van der Waals surface area contributed by atoms with Crippen LogP contribution in [0.25, 0.3) is 0 Å². The molecule has 0 bridgehead atoms. The van der Waals surface area contributed by atoms with Gasteiger partial charge in [-0.2, -0.15) is 0 Å². The lowest BCUT2D eigenvalue weighted by atomic mass is 9.94. The number of nitrogens with two attached hydrogens (primary N) is 1. The number of amides is 1. The lowest BCUT2D eigenvalue weighted by molar-refractivity contribution is -0.117. The molecule has 110 valence electrons. The van der Waals surface area contributed by atoms with E-state index in [2.05, 4.69) is 49.5 Å². The van der Waals surface area contributed by atoms with E-state index in [1.807, 2.05) is 18.2 Å². The second-order valence-corrected chi connectivity index (χ2v) is 5.37. The van der Waals surface area contributed by atoms with Crippen LogP contribution < -0.4 is 11.1 Å². The molecule has 0 saturated heterocycles. The molecule has 0 spiro atoms. The monoisotopic (exact) mass is 282 g/mol. The van der Waals surface area contributed by atoms with Crippen LogP contribution in [0.5, 0.6) is 0 Å². The number of primary amides is 1. The van der Waals surface area contributed by atoms with Gasteiger partial charge in [-0.3, -0.25) is 4.79 Å². The number of carbonyl (C=O) groups excluding carboxylic acids is 1. The Morgan fingerprint density at radius 3 is 2.48 bits per heavy atom. The molecule has 0 radical (unpaired) electrons. The van der Waals surface area contributed by atoms with Crippen molar-refractivity contribution in [2.24, 2.45) is 5.73 Å². The summed E-state index contributed by atoms with van der Waals surface area (Å²) in [6.45, 7) is 4.78. The van der Waals surface area contributed by atoms with E-state index in [0.29, 0.717) is 13.0 Å². The van der Waals surface area contributed by atoms with E-state index in [1.54, 1.807) is 0 Å². The van der Waals surface area contributed by atoms with E-state index < -0.39 is 0 Å². The molecule has 3 heteroatoms. The lowest BCUT2D eigenvalue weighted by Gasteiger charge is -2.22. The smallest absolute Gasteiger partial charge is 0.218 e. The average molecular weight is 282 g/mol. The second kappa shape index (κ2) is 7.04. The summed E-state index contributed by atoms with van der Waals surface area (Å²) in [5, 5.41) is 3.44. The first-order valence-corrected chi connectivity index (χ1v) is 7.21. The Kier molecular flexibility index (Phi) is 5.12. The lowest BCUT2D eigenvalue weighted by Crippen LogP contribution is -2.27. The van der Waals surface area contributed by atoms with Crippen LogP contribution in [-0.2, 0) is 4.79 Å².